The summed E-state index contributed by atoms with van der Waals surface area (Å²) < 4.78 is 0. The number of nitriles is 1. The van der Waals surface area contributed by atoms with Gasteiger partial charge in [0.05, 0.1) is 11.8 Å². The maximum atomic E-state index is 11.4. The number of rotatable bonds is 3. The highest BCUT2D eigenvalue weighted by Crippen LogP contribution is 2.19. The molecule has 1 aromatic rings. The van der Waals surface area contributed by atoms with Gasteiger partial charge in [-0.15, -0.1) is 0 Å². The Hall–Kier alpha value is -2.41. The summed E-state index contributed by atoms with van der Waals surface area (Å²) in [5.41, 5.74) is 1.58. The van der Waals surface area contributed by atoms with Crippen LogP contribution in [-0.2, 0) is 16.0 Å². The van der Waals surface area contributed by atoms with Crippen LogP contribution in [0, 0.1) is 11.3 Å². The first kappa shape index (κ1) is 11.1. The Morgan fingerprint density at radius 3 is 2.18 bits per heavy atom. The predicted octanol–water partition coefficient (Wildman–Crippen LogP) is 1.57. The lowest BCUT2D eigenvalue weighted by molar-refractivity contribution is -0.119. The molecule has 0 spiro atoms. The van der Waals surface area contributed by atoms with Crippen molar-refractivity contribution in [3.63, 3.8) is 0 Å². The molecule has 4 heteroatoms. The van der Waals surface area contributed by atoms with Crippen molar-refractivity contribution in [3.8, 4) is 6.07 Å². The first-order valence-electron chi connectivity index (χ1n) is 5.24. The van der Waals surface area contributed by atoms with Crippen LogP contribution < -0.4 is 4.90 Å². The van der Waals surface area contributed by atoms with Gasteiger partial charge in [0.15, 0.2) is 0 Å². The van der Waals surface area contributed by atoms with Crippen LogP contribution in [0.15, 0.2) is 36.4 Å². The summed E-state index contributed by atoms with van der Waals surface area (Å²) in [6.07, 6.45) is 3.65. The summed E-state index contributed by atoms with van der Waals surface area (Å²) in [5.74, 6) is -0.639. The molecule has 2 amide bonds. The van der Waals surface area contributed by atoms with Gasteiger partial charge in [0.1, 0.15) is 0 Å². The van der Waals surface area contributed by atoms with Crippen LogP contribution in [-0.4, -0.2) is 11.8 Å². The largest absolute Gasteiger partial charge is 0.269 e. The van der Waals surface area contributed by atoms with Crippen LogP contribution >= 0.6 is 0 Å². The minimum Gasteiger partial charge on any atom is -0.269 e. The number of hydrogen-bond donors (Lipinski definition) is 0. The van der Waals surface area contributed by atoms with E-state index in [1.54, 1.807) is 12.1 Å². The highest BCUT2D eigenvalue weighted by Gasteiger charge is 2.24. The van der Waals surface area contributed by atoms with E-state index in [1.165, 1.54) is 12.2 Å². The van der Waals surface area contributed by atoms with Gasteiger partial charge in [-0.25, -0.2) is 4.90 Å². The van der Waals surface area contributed by atoms with Crippen molar-refractivity contribution < 1.29 is 9.59 Å². The van der Waals surface area contributed by atoms with Crippen molar-refractivity contribution in [2.24, 2.45) is 0 Å². The van der Waals surface area contributed by atoms with Crippen LogP contribution in [0.1, 0.15) is 12.0 Å². The Balaban J connectivity index is 2.16. The molecular formula is C13H10N2O2. The minimum atomic E-state index is -0.320. The smallest absolute Gasteiger partial charge is 0.258 e. The SMILES string of the molecule is N#CCCc1ccc(N2C(=O)C=CC2=O)cc1. The summed E-state index contributed by atoms with van der Waals surface area (Å²) >= 11 is 0. The van der Waals surface area contributed by atoms with Crippen LogP contribution in [0.3, 0.4) is 0 Å². The molecule has 0 fully saturated rings. The van der Waals surface area contributed by atoms with E-state index in [1.807, 2.05) is 12.1 Å². The molecule has 2 rings (SSSR count). The highest BCUT2D eigenvalue weighted by molar-refractivity contribution is 6.28. The van der Waals surface area contributed by atoms with Crippen molar-refractivity contribution >= 4 is 17.5 Å². The predicted molar refractivity (Wildman–Crippen MR) is 62.0 cm³/mol. The Bertz CT molecular complexity index is 505. The Morgan fingerprint density at radius 2 is 1.65 bits per heavy atom. The molecule has 4 nitrogen and oxygen atoms in total. The average molecular weight is 226 g/mol. The van der Waals surface area contributed by atoms with Crippen LogP contribution in [0.5, 0.6) is 0 Å². The fourth-order valence-electron chi connectivity index (χ4n) is 1.67. The lowest BCUT2D eigenvalue weighted by Crippen LogP contribution is -2.29. The van der Waals surface area contributed by atoms with Gasteiger partial charge >= 0.3 is 0 Å². The first-order chi connectivity index (χ1) is 8.22. The van der Waals surface area contributed by atoms with E-state index in [0.29, 0.717) is 18.5 Å². The summed E-state index contributed by atoms with van der Waals surface area (Å²) in [5, 5.41) is 8.47. The topological polar surface area (TPSA) is 61.2 Å². The minimum absolute atomic E-state index is 0.320. The highest BCUT2D eigenvalue weighted by atomic mass is 16.2. The Kier molecular flexibility index (Phi) is 3.01. The molecule has 0 radical (unpaired) electrons. The molecule has 0 N–H and O–H groups in total. The molecular weight excluding hydrogens is 216 g/mol. The van der Waals surface area contributed by atoms with Gasteiger partial charge in [-0.1, -0.05) is 12.1 Å². The van der Waals surface area contributed by atoms with Crippen molar-refractivity contribution in [3.05, 3.63) is 42.0 Å². The zero-order valence-corrected chi connectivity index (χ0v) is 9.09. The van der Waals surface area contributed by atoms with E-state index in [4.69, 9.17) is 5.26 Å². The number of benzene rings is 1. The van der Waals surface area contributed by atoms with Crippen LogP contribution in [0.2, 0.25) is 0 Å². The number of carbonyl (C=O) groups is 2. The number of hydrogen-bond acceptors (Lipinski definition) is 3. The van der Waals surface area contributed by atoms with Gasteiger partial charge in [0, 0.05) is 18.6 Å². The molecule has 0 saturated carbocycles. The maximum absolute atomic E-state index is 11.4. The van der Waals surface area contributed by atoms with Gasteiger partial charge in [0.25, 0.3) is 11.8 Å². The maximum Gasteiger partial charge on any atom is 0.258 e. The van der Waals surface area contributed by atoms with E-state index < -0.39 is 0 Å². The summed E-state index contributed by atoms with van der Waals surface area (Å²) in [4.78, 5) is 24.0. The lowest BCUT2D eigenvalue weighted by Gasteiger charge is -2.13. The van der Waals surface area contributed by atoms with E-state index in [0.717, 1.165) is 10.5 Å². The summed E-state index contributed by atoms with van der Waals surface area (Å²) in [7, 11) is 0. The molecule has 0 saturated heterocycles. The zero-order valence-electron chi connectivity index (χ0n) is 9.09. The fourth-order valence-corrected chi connectivity index (χ4v) is 1.67. The number of imide groups is 1. The van der Waals surface area contributed by atoms with Crippen molar-refractivity contribution in [1.82, 2.24) is 0 Å². The number of amides is 2. The molecule has 1 heterocycles. The lowest BCUT2D eigenvalue weighted by atomic mass is 10.1. The molecule has 0 atom stereocenters. The third-order valence-electron chi connectivity index (χ3n) is 2.53. The third-order valence-corrected chi connectivity index (χ3v) is 2.53. The number of anilines is 1. The molecule has 1 aliphatic rings. The van der Waals surface area contributed by atoms with E-state index in [-0.39, 0.29) is 11.8 Å². The second-order valence-corrected chi connectivity index (χ2v) is 3.67. The number of carbonyl (C=O) groups excluding carboxylic acids is 2. The molecule has 0 aromatic heterocycles. The number of nitrogens with zero attached hydrogens (tertiary/aromatic N) is 2. The standard InChI is InChI=1S/C13H10N2O2/c14-9-1-2-10-3-5-11(6-4-10)15-12(16)7-8-13(15)17/h3-8H,1-2H2. The van der Waals surface area contributed by atoms with E-state index in [2.05, 4.69) is 6.07 Å². The average Bonchev–Trinajstić information content (AvgIpc) is 2.67. The zero-order chi connectivity index (χ0) is 12.3. The van der Waals surface area contributed by atoms with Crippen molar-refractivity contribution in [2.45, 2.75) is 12.8 Å². The van der Waals surface area contributed by atoms with Gasteiger partial charge in [-0.3, -0.25) is 9.59 Å². The second kappa shape index (κ2) is 4.62. The molecule has 0 aliphatic carbocycles. The summed E-state index contributed by atoms with van der Waals surface area (Å²) in [6, 6.07) is 9.16. The molecule has 1 aromatic carbocycles. The van der Waals surface area contributed by atoms with Crippen molar-refractivity contribution in [2.75, 3.05) is 4.90 Å². The molecule has 17 heavy (non-hydrogen) atoms. The molecule has 0 bridgehead atoms. The Morgan fingerprint density at radius 1 is 1.06 bits per heavy atom. The van der Waals surface area contributed by atoms with Gasteiger partial charge < -0.3 is 0 Å². The normalized spacial score (nSPS) is 14.2. The molecule has 0 unspecified atom stereocenters. The van der Waals surface area contributed by atoms with E-state index in [9.17, 15) is 9.59 Å². The fraction of sp³-hybridized carbons (Fsp3) is 0.154. The van der Waals surface area contributed by atoms with Crippen LogP contribution in [0.25, 0.3) is 0 Å². The Labute approximate surface area is 98.8 Å². The third kappa shape index (κ3) is 2.23. The molecule has 1 aliphatic heterocycles. The van der Waals surface area contributed by atoms with Gasteiger partial charge in [0.2, 0.25) is 0 Å². The van der Waals surface area contributed by atoms with E-state index >= 15 is 0 Å². The second-order valence-electron chi connectivity index (χ2n) is 3.67. The quantitative estimate of drug-likeness (QED) is 0.735. The van der Waals surface area contributed by atoms with Gasteiger partial charge in [-0.05, 0) is 24.1 Å². The van der Waals surface area contributed by atoms with Crippen molar-refractivity contribution in [1.29, 1.82) is 5.26 Å². The summed E-state index contributed by atoms with van der Waals surface area (Å²) in [6.45, 7) is 0. The first-order valence-corrected chi connectivity index (χ1v) is 5.24. The van der Waals surface area contributed by atoms with Crippen LogP contribution in [0.4, 0.5) is 5.69 Å². The monoisotopic (exact) mass is 226 g/mol. The molecule has 84 valence electrons. The number of aryl methyl sites for hydroxylation is 1. The van der Waals surface area contributed by atoms with Gasteiger partial charge in [-0.2, -0.15) is 5.26 Å².